The molecule has 0 aliphatic carbocycles. The summed E-state index contributed by atoms with van der Waals surface area (Å²) in [5, 5.41) is 34.2. The Morgan fingerprint density at radius 2 is 1.03 bits per heavy atom. The van der Waals surface area contributed by atoms with Crippen LogP contribution >= 0.6 is 0 Å². The van der Waals surface area contributed by atoms with Gasteiger partial charge in [-0.3, -0.25) is 33.6 Å². The van der Waals surface area contributed by atoms with E-state index in [0.717, 1.165) is 21.8 Å². The molecule has 0 fully saturated rings. The molecule has 0 unspecified atom stereocenters. The number of nitrogens with two attached hydrogens (primary N) is 4. The highest BCUT2D eigenvalue weighted by atomic mass is 16.3. The van der Waals surface area contributed by atoms with E-state index in [1.54, 1.807) is 12.4 Å². The Bertz CT molecular complexity index is 2430. The molecule has 0 saturated carbocycles. The van der Waals surface area contributed by atoms with Gasteiger partial charge in [-0.05, 0) is 66.8 Å². The fourth-order valence-corrected chi connectivity index (χ4v) is 7.18. The maximum absolute atomic E-state index is 14.6. The van der Waals surface area contributed by atoms with Crippen LogP contribution in [0.1, 0.15) is 42.4 Å². The molecule has 5 aromatic rings. The van der Waals surface area contributed by atoms with Gasteiger partial charge in [-0.15, -0.1) is 0 Å². The standard InChI is InChI=1S/C44H55N11O9/c45-16-6-5-11-33(41(61)53-34(17-24-12-14-27(57)15-13-24)42(62)55-37(23-56)39(48)59)51-43(63)36(19-26-22-50-32-10-4-2-8-29(26)32)54-44(64)35(52-40(60)30(46)20-38(47)58)18-25-21-49-31-9-3-1-7-28(25)31/h1-4,7-10,12-15,21-22,30,33-37,49-50,56-57H,5-6,11,16-20,23,45-46H2,(H2,47,58)(H2,48,59)(H,51,63)(H,52,60)(H,53,61)(H,54,64)(H,55,62)/t30-,33-,34-,35-,36-,37-/m0/s1. The number of rotatable bonds is 24. The lowest BCUT2D eigenvalue weighted by molar-refractivity contribution is -0.135. The molecular weight excluding hydrogens is 827 g/mol. The predicted octanol–water partition coefficient (Wildman–Crippen LogP) is -1.38. The maximum Gasteiger partial charge on any atom is 0.243 e. The molecule has 3 aromatic carbocycles. The number of fused-ring (bicyclic) bond motifs is 2. The second-order valence-corrected chi connectivity index (χ2v) is 15.5. The monoisotopic (exact) mass is 881 g/mol. The van der Waals surface area contributed by atoms with Crippen molar-refractivity contribution in [3.8, 4) is 5.75 Å². The molecule has 2 aromatic heterocycles. The van der Waals surface area contributed by atoms with Crippen molar-refractivity contribution in [2.75, 3.05) is 13.2 Å². The molecule has 20 nitrogen and oxygen atoms in total. The number of unbranched alkanes of at least 4 members (excludes halogenated alkanes) is 1. The number of nitrogens with one attached hydrogen (secondary N) is 7. The van der Waals surface area contributed by atoms with Gasteiger partial charge in [0, 0.05) is 53.5 Å². The number of aromatic hydroxyl groups is 1. The molecule has 0 aliphatic rings. The molecule has 2 heterocycles. The van der Waals surface area contributed by atoms with E-state index in [4.69, 9.17) is 22.9 Å². The third-order valence-corrected chi connectivity index (χ3v) is 10.7. The molecule has 0 aliphatic heterocycles. The van der Waals surface area contributed by atoms with Crippen LogP contribution in [0, 0.1) is 0 Å². The molecule has 0 bridgehead atoms. The SMILES string of the molecule is NCCCC[C@H](NC(=O)[C@H](Cc1c[nH]c2ccccc12)NC(=O)[C@H](Cc1c[nH]c2ccccc12)NC(=O)[C@@H](N)CC(N)=O)C(=O)N[C@@H](Cc1ccc(O)cc1)C(=O)N[C@@H](CO)C(N)=O. The maximum atomic E-state index is 14.6. The third kappa shape index (κ3) is 13.1. The van der Waals surface area contributed by atoms with Gasteiger partial charge in [0.15, 0.2) is 0 Å². The average Bonchev–Trinajstić information content (AvgIpc) is 3.88. The average molecular weight is 882 g/mol. The lowest BCUT2D eigenvalue weighted by atomic mass is 10.00. The summed E-state index contributed by atoms with van der Waals surface area (Å²) in [6.45, 7) is -0.537. The highest BCUT2D eigenvalue weighted by Crippen LogP contribution is 2.22. The van der Waals surface area contributed by atoms with Crippen LogP contribution in [0.25, 0.3) is 21.8 Å². The van der Waals surface area contributed by atoms with Gasteiger partial charge in [0.05, 0.1) is 19.1 Å². The van der Waals surface area contributed by atoms with Crippen molar-refractivity contribution >= 4 is 63.2 Å². The number of hydrogen-bond acceptors (Lipinski definition) is 11. The largest absolute Gasteiger partial charge is 0.508 e. The van der Waals surface area contributed by atoms with Crippen molar-refractivity contribution in [1.82, 2.24) is 36.6 Å². The number of carbonyl (C=O) groups excluding carboxylic acids is 7. The first kappa shape index (κ1) is 47.8. The summed E-state index contributed by atoms with van der Waals surface area (Å²) in [7, 11) is 0. The fourth-order valence-electron chi connectivity index (χ4n) is 7.18. The Labute approximate surface area is 367 Å². The van der Waals surface area contributed by atoms with Crippen molar-refractivity contribution in [2.24, 2.45) is 22.9 Å². The number of aromatic nitrogens is 2. The highest BCUT2D eigenvalue weighted by Gasteiger charge is 2.34. The predicted molar refractivity (Wildman–Crippen MR) is 236 cm³/mol. The number of aliphatic hydroxyl groups excluding tert-OH is 1. The van der Waals surface area contributed by atoms with Gasteiger partial charge in [-0.25, -0.2) is 0 Å². The van der Waals surface area contributed by atoms with Gasteiger partial charge < -0.3 is 69.7 Å². The third-order valence-electron chi connectivity index (χ3n) is 10.7. The Morgan fingerprint density at radius 3 is 1.52 bits per heavy atom. The van der Waals surface area contributed by atoms with Gasteiger partial charge in [0.25, 0.3) is 0 Å². The molecule has 20 heteroatoms. The molecule has 0 radical (unpaired) electrons. The quantitative estimate of drug-likeness (QED) is 0.0320. The smallest absolute Gasteiger partial charge is 0.243 e. The highest BCUT2D eigenvalue weighted by molar-refractivity contribution is 5.98. The molecule has 64 heavy (non-hydrogen) atoms. The van der Waals surface area contributed by atoms with Gasteiger partial charge in [-0.1, -0.05) is 48.5 Å². The number of phenols is 1. The van der Waals surface area contributed by atoms with Crippen LogP contribution in [0.5, 0.6) is 5.75 Å². The zero-order valence-electron chi connectivity index (χ0n) is 35.0. The lowest BCUT2D eigenvalue weighted by Gasteiger charge is -2.27. The van der Waals surface area contributed by atoms with E-state index in [1.165, 1.54) is 24.3 Å². The van der Waals surface area contributed by atoms with Crippen LogP contribution in [0.15, 0.2) is 85.2 Å². The molecule has 17 N–H and O–H groups in total. The van der Waals surface area contributed by atoms with Crippen LogP contribution in [0.2, 0.25) is 0 Å². The van der Waals surface area contributed by atoms with Crippen molar-refractivity contribution < 1.29 is 43.8 Å². The van der Waals surface area contributed by atoms with Crippen LogP contribution in [-0.4, -0.2) is 111 Å². The van der Waals surface area contributed by atoms with Gasteiger partial charge in [-0.2, -0.15) is 0 Å². The number of phenolic OH excluding ortho intramolecular Hbond substituents is 1. The van der Waals surface area contributed by atoms with Crippen molar-refractivity contribution in [1.29, 1.82) is 0 Å². The first-order valence-electron chi connectivity index (χ1n) is 20.7. The Balaban J connectivity index is 1.46. The van der Waals surface area contributed by atoms with E-state index in [2.05, 4.69) is 36.6 Å². The number of para-hydroxylation sites is 2. The normalized spacial score (nSPS) is 14.0. The molecule has 0 spiro atoms. The van der Waals surface area contributed by atoms with E-state index < -0.39 is 90.6 Å². The first-order chi connectivity index (χ1) is 30.7. The van der Waals surface area contributed by atoms with Crippen LogP contribution in [0.3, 0.4) is 0 Å². The number of H-pyrrole nitrogens is 2. The summed E-state index contributed by atoms with van der Waals surface area (Å²) in [5.74, 6) is -5.96. The van der Waals surface area contributed by atoms with E-state index in [9.17, 15) is 43.8 Å². The summed E-state index contributed by atoms with van der Waals surface area (Å²) >= 11 is 0. The zero-order valence-corrected chi connectivity index (χ0v) is 35.0. The summed E-state index contributed by atoms with van der Waals surface area (Å²) in [6.07, 6.45) is 3.49. The van der Waals surface area contributed by atoms with Crippen molar-refractivity contribution in [2.45, 2.75) is 81.2 Å². The first-order valence-corrected chi connectivity index (χ1v) is 20.7. The van der Waals surface area contributed by atoms with Gasteiger partial charge in [0.2, 0.25) is 41.4 Å². The number of benzene rings is 3. The molecule has 0 saturated heterocycles. The number of amides is 7. The number of primary amides is 2. The van der Waals surface area contributed by atoms with E-state index in [0.29, 0.717) is 29.5 Å². The minimum Gasteiger partial charge on any atom is -0.508 e. The van der Waals surface area contributed by atoms with Crippen molar-refractivity contribution in [3.63, 3.8) is 0 Å². The van der Waals surface area contributed by atoms with Crippen LogP contribution < -0.4 is 49.5 Å². The molecule has 340 valence electrons. The Kier molecular flexibility index (Phi) is 16.9. The number of carbonyl (C=O) groups is 7. The molecule has 5 rings (SSSR count). The topological polar surface area (TPSA) is 356 Å². The summed E-state index contributed by atoms with van der Waals surface area (Å²) in [4.78, 5) is 99.9. The summed E-state index contributed by atoms with van der Waals surface area (Å²) in [5.41, 5.74) is 25.7. The van der Waals surface area contributed by atoms with Crippen LogP contribution in [-0.2, 0) is 52.8 Å². The minimum absolute atomic E-state index is 0.0434. The van der Waals surface area contributed by atoms with Gasteiger partial charge in [0.1, 0.15) is 36.0 Å². The number of aromatic amines is 2. The van der Waals surface area contributed by atoms with Gasteiger partial charge >= 0.3 is 0 Å². The molecule has 7 amide bonds. The van der Waals surface area contributed by atoms with Crippen molar-refractivity contribution in [3.05, 3.63) is 102 Å². The number of hydrogen-bond donors (Lipinski definition) is 13. The Morgan fingerprint density at radius 1 is 0.578 bits per heavy atom. The number of aliphatic hydroxyl groups is 1. The fraction of sp³-hybridized carbons (Fsp3) is 0.341. The van der Waals surface area contributed by atoms with E-state index >= 15 is 0 Å². The molecular formula is C44H55N11O9. The summed E-state index contributed by atoms with van der Waals surface area (Å²) in [6, 6.07) is 12.2. The lowest BCUT2D eigenvalue weighted by Crippen LogP contribution is -2.60. The Hall–Kier alpha value is -7.29. The zero-order chi connectivity index (χ0) is 46.3. The van der Waals surface area contributed by atoms with E-state index in [1.807, 2.05) is 48.5 Å². The van der Waals surface area contributed by atoms with E-state index in [-0.39, 0.29) is 38.0 Å². The minimum atomic E-state index is -1.47. The second-order valence-electron chi connectivity index (χ2n) is 15.5. The molecule has 6 atom stereocenters. The summed E-state index contributed by atoms with van der Waals surface area (Å²) < 4.78 is 0. The van der Waals surface area contributed by atoms with Crippen LogP contribution in [0.4, 0.5) is 0 Å². The second kappa shape index (κ2) is 22.7.